The third-order valence-corrected chi connectivity index (χ3v) is 5.64. The average molecular weight is 441 g/mol. The first-order chi connectivity index (χ1) is 15.7. The van der Waals surface area contributed by atoms with Crippen LogP contribution in [-0.2, 0) is 0 Å². The van der Waals surface area contributed by atoms with Gasteiger partial charge in [-0.3, -0.25) is 4.79 Å². The molecule has 5 rings (SSSR count). The van der Waals surface area contributed by atoms with Crippen LogP contribution < -0.4 is 5.32 Å². The molecule has 1 fully saturated rings. The molecule has 0 bridgehead atoms. The molecule has 3 aromatic carbocycles. The van der Waals surface area contributed by atoms with Gasteiger partial charge in [0, 0.05) is 17.3 Å². The molecule has 7 heteroatoms. The van der Waals surface area contributed by atoms with Crippen molar-refractivity contribution in [3.8, 4) is 16.9 Å². The number of amidine groups is 1. The minimum absolute atomic E-state index is 0.214. The van der Waals surface area contributed by atoms with Crippen molar-refractivity contribution >= 4 is 34.6 Å². The first-order valence-electron chi connectivity index (χ1n) is 9.91. The molecule has 0 saturated carbocycles. The van der Waals surface area contributed by atoms with Gasteiger partial charge in [-0.25, -0.2) is 14.1 Å². The highest BCUT2D eigenvalue weighted by Gasteiger charge is 2.24. The Labute approximate surface area is 188 Å². The molecule has 0 atom stereocenters. The van der Waals surface area contributed by atoms with E-state index < -0.39 is 0 Å². The molecule has 0 aliphatic carbocycles. The Balaban J connectivity index is 1.60. The predicted octanol–water partition coefficient (Wildman–Crippen LogP) is 6.21. The van der Waals surface area contributed by atoms with Gasteiger partial charge in [0.05, 0.1) is 22.0 Å². The van der Waals surface area contributed by atoms with Crippen LogP contribution in [-0.4, -0.2) is 20.9 Å². The molecule has 5 nitrogen and oxygen atoms in total. The number of halogens is 1. The van der Waals surface area contributed by atoms with Crippen molar-refractivity contribution < 1.29 is 9.18 Å². The fourth-order valence-electron chi connectivity index (χ4n) is 3.33. The number of nitrogens with one attached hydrogen (secondary N) is 1. The van der Waals surface area contributed by atoms with E-state index in [9.17, 15) is 9.18 Å². The second kappa shape index (κ2) is 8.64. The van der Waals surface area contributed by atoms with Crippen molar-refractivity contribution in [2.24, 2.45) is 4.99 Å². The number of thioether (sulfide) groups is 1. The molecule has 1 saturated heterocycles. The highest BCUT2D eigenvalue weighted by atomic mass is 32.2. The van der Waals surface area contributed by atoms with Gasteiger partial charge in [0.2, 0.25) is 0 Å². The van der Waals surface area contributed by atoms with Gasteiger partial charge in [-0.2, -0.15) is 5.10 Å². The van der Waals surface area contributed by atoms with Gasteiger partial charge >= 0.3 is 0 Å². The molecule has 1 aliphatic heterocycles. The molecular weight excluding hydrogens is 423 g/mol. The maximum atomic E-state index is 13.2. The normalized spacial score (nSPS) is 16.0. The van der Waals surface area contributed by atoms with E-state index >= 15 is 0 Å². The first-order valence-corrected chi connectivity index (χ1v) is 10.7. The van der Waals surface area contributed by atoms with Crippen LogP contribution in [0.3, 0.4) is 0 Å². The lowest BCUT2D eigenvalue weighted by molar-refractivity contribution is 0.265. The Morgan fingerprint density at radius 1 is 0.938 bits per heavy atom. The molecule has 0 unspecified atom stereocenters. The summed E-state index contributed by atoms with van der Waals surface area (Å²) in [7, 11) is 0. The standard InChI is InChI=1S/C25H17FN4OS/c26-19-11-13-20(14-12-19)27-24-22(32-25(31)28-24)15-18-16-30(21-9-5-2-6-10-21)29-23(18)17-7-3-1-4-8-17/h1-16H,(H,27,28,31)/b22-15-. The van der Waals surface area contributed by atoms with E-state index in [2.05, 4.69) is 10.3 Å². The Kier molecular flexibility index (Phi) is 5.39. The summed E-state index contributed by atoms with van der Waals surface area (Å²) < 4.78 is 15.1. The minimum Gasteiger partial charge on any atom is -0.300 e. The number of para-hydroxylation sites is 1. The maximum Gasteiger partial charge on any atom is 0.289 e. The lowest BCUT2D eigenvalue weighted by Crippen LogP contribution is -2.18. The largest absolute Gasteiger partial charge is 0.300 e. The fraction of sp³-hybridized carbons (Fsp3) is 0. The molecule has 0 radical (unpaired) electrons. The number of hydrogen-bond acceptors (Lipinski definition) is 4. The summed E-state index contributed by atoms with van der Waals surface area (Å²) in [6.45, 7) is 0. The molecule has 1 N–H and O–H groups in total. The number of hydrogen-bond donors (Lipinski definition) is 1. The highest BCUT2D eigenvalue weighted by Crippen LogP contribution is 2.32. The van der Waals surface area contributed by atoms with Crippen LogP contribution in [0.1, 0.15) is 5.56 Å². The van der Waals surface area contributed by atoms with E-state index in [4.69, 9.17) is 5.10 Å². The Hall–Kier alpha value is -3.97. The summed E-state index contributed by atoms with van der Waals surface area (Å²) in [6, 6.07) is 25.5. The second-order valence-corrected chi connectivity index (χ2v) is 8.05. The summed E-state index contributed by atoms with van der Waals surface area (Å²) in [5, 5.41) is 7.36. The van der Waals surface area contributed by atoms with Gasteiger partial charge in [0.25, 0.3) is 5.24 Å². The average Bonchev–Trinajstić information content (AvgIpc) is 3.40. The zero-order valence-electron chi connectivity index (χ0n) is 16.8. The quantitative estimate of drug-likeness (QED) is 0.411. The monoisotopic (exact) mass is 440 g/mol. The smallest absolute Gasteiger partial charge is 0.289 e. The second-order valence-electron chi connectivity index (χ2n) is 7.04. The third-order valence-electron chi connectivity index (χ3n) is 4.82. The molecule has 2 heterocycles. The first kappa shape index (κ1) is 20.0. The molecule has 0 spiro atoms. The van der Waals surface area contributed by atoms with E-state index in [1.54, 1.807) is 12.1 Å². The topological polar surface area (TPSA) is 59.3 Å². The Morgan fingerprint density at radius 3 is 2.34 bits per heavy atom. The summed E-state index contributed by atoms with van der Waals surface area (Å²) in [6.07, 6.45) is 3.84. The van der Waals surface area contributed by atoms with E-state index in [0.29, 0.717) is 16.4 Å². The van der Waals surface area contributed by atoms with Crippen molar-refractivity contribution in [3.63, 3.8) is 0 Å². The number of rotatable bonds is 4. The summed E-state index contributed by atoms with van der Waals surface area (Å²) in [5.41, 5.74) is 4.10. The van der Waals surface area contributed by atoms with Crippen molar-refractivity contribution in [1.82, 2.24) is 15.1 Å². The fourth-order valence-corrected chi connectivity index (χ4v) is 4.05. The van der Waals surface area contributed by atoms with Crippen LogP contribution in [0.2, 0.25) is 0 Å². The summed E-state index contributed by atoms with van der Waals surface area (Å²) >= 11 is 1.07. The number of carbonyl (C=O) groups excluding carboxylic acids is 1. The lowest BCUT2D eigenvalue weighted by Gasteiger charge is -2.01. The Morgan fingerprint density at radius 2 is 1.62 bits per heavy atom. The van der Waals surface area contributed by atoms with Gasteiger partial charge in [0.15, 0.2) is 0 Å². The molecule has 32 heavy (non-hydrogen) atoms. The van der Waals surface area contributed by atoms with Crippen LogP contribution in [0.15, 0.2) is 101 Å². The number of benzene rings is 3. The number of nitrogens with zero attached hydrogens (tertiary/aromatic N) is 3. The number of aromatic nitrogens is 2. The number of carbonyl (C=O) groups is 1. The van der Waals surface area contributed by atoms with Crippen LogP contribution in [0.25, 0.3) is 23.0 Å². The number of amides is 1. The molecule has 1 aliphatic rings. The third kappa shape index (κ3) is 4.24. The predicted molar refractivity (Wildman–Crippen MR) is 127 cm³/mol. The van der Waals surface area contributed by atoms with Gasteiger partial charge < -0.3 is 5.32 Å². The van der Waals surface area contributed by atoms with Crippen molar-refractivity contribution in [2.75, 3.05) is 0 Å². The number of aliphatic imine (C=N–C) groups is 1. The van der Waals surface area contributed by atoms with Crippen LogP contribution in [0.4, 0.5) is 14.9 Å². The van der Waals surface area contributed by atoms with E-state index in [1.807, 2.05) is 77.6 Å². The lowest BCUT2D eigenvalue weighted by atomic mass is 10.1. The van der Waals surface area contributed by atoms with Gasteiger partial charge in [-0.1, -0.05) is 48.5 Å². The molecule has 1 amide bonds. The van der Waals surface area contributed by atoms with Crippen LogP contribution in [0, 0.1) is 5.82 Å². The van der Waals surface area contributed by atoms with Crippen LogP contribution in [0.5, 0.6) is 0 Å². The SMILES string of the molecule is O=C1NC(=Nc2ccc(F)cc2)/C(=C/c2cn(-c3ccccc3)nc2-c2ccccc2)S1. The van der Waals surface area contributed by atoms with E-state index in [-0.39, 0.29) is 11.1 Å². The van der Waals surface area contributed by atoms with Crippen molar-refractivity contribution in [1.29, 1.82) is 0 Å². The van der Waals surface area contributed by atoms with Crippen molar-refractivity contribution in [3.05, 3.63) is 107 Å². The Bertz CT molecular complexity index is 1330. The van der Waals surface area contributed by atoms with Crippen LogP contribution >= 0.6 is 11.8 Å². The molecule has 4 aromatic rings. The van der Waals surface area contributed by atoms with Gasteiger partial charge in [-0.05, 0) is 54.2 Å². The molecule has 1 aromatic heterocycles. The zero-order valence-corrected chi connectivity index (χ0v) is 17.6. The summed E-state index contributed by atoms with van der Waals surface area (Å²) in [4.78, 5) is 17.3. The molecular formula is C25H17FN4OS. The van der Waals surface area contributed by atoms with Gasteiger partial charge in [-0.15, -0.1) is 0 Å². The highest BCUT2D eigenvalue weighted by molar-refractivity contribution is 8.18. The minimum atomic E-state index is -0.338. The zero-order chi connectivity index (χ0) is 21.9. The van der Waals surface area contributed by atoms with Crippen molar-refractivity contribution in [2.45, 2.75) is 0 Å². The molecule has 156 valence electrons. The maximum absolute atomic E-state index is 13.2. The summed E-state index contributed by atoms with van der Waals surface area (Å²) in [5.74, 6) is 0.0912. The van der Waals surface area contributed by atoms with Gasteiger partial charge in [0.1, 0.15) is 11.7 Å². The van der Waals surface area contributed by atoms with E-state index in [0.717, 1.165) is 34.3 Å². The van der Waals surface area contributed by atoms with E-state index in [1.165, 1.54) is 12.1 Å².